The maximum atomic E-state index is 13.7. The third kappa shape index (κ3) is 3.19. The second-order valence-corrected chi connectivity index (χ2v) is 8.42. The van der Waals surface area contributed by atoms with E-state index >= 15 is 0 Å². The number of carbonyl (C=O) groups excluding carboxylic acids is 1. The molecule has 6 rings (SSSR count). The number of hydrogen-bond acceptors (Lipinski definition) is 5. The molecule has 6 heteroatoms. The van der Waals surface area contributed by atoms with Crippen LogP contribution in [0.1, 0.15) is 28.8 Å². The molecule has 1 fully saturated rings. The van der Waals surface area contributed by atoms with Crippen LogP contribution in [0.15, 0.2) is 71.6 Å². The molecular formula is C26H23N3O3. The number of fused-ring (bicyclic) bond motifs is 2. The van der Waals surface area contributed by atoms with Gasteiger partial charge in [-0.05, 0) is 61.7 Å². The molecule has 0 radical (unpaired) electrons. The number of rotatable bonds is 4. The summed E-state index contributed by atoms with van der Waals surface area (Å²) in [5.41, 5.74) is 4.38. The van der Waals surface area contributed by atoms with Crippen molar-refractivity contribution in [1.29, 1.82) is 0 Å². The van der Waals surface area contributed by atoms with Crippen molar-refractivity contribution in [1.82, 2.24) is 4.98 Å². The number of carbonyl (C=O) groups is 1. The maximum absolute atomic E-state index is 13.7. The normalized spacial score (nSPS) is 15.7. The molecule has 0 spiro atoms. The Balaban J connectivity index is 1.33. The summed E-state index contributed by atoms with van der Waals surface area (Å²) >= 11 is 0. The first-order chi connectivity index (χ1) is 15.7. The maximum Gasteiger partial charge on any atom is 0.263 e. The van der Waals surface area contributed by atoms with E-state index in [1.54, 1.807) is 24.7 Å². The number of aryl methyl sites for hydroxylation is 1. The van der Waals surface area contributed by atoms with E-state index < -0.39 is 0 Å². The summed E-state index contributed by atoms with van der Waals surface area (Å²) in [6.07, 6.45) is 7.42. The SMILES string of the molecule is Cc1coc2ccc(Oc3ccncc3C(=O)N3CCN(C4CC4)c4ccccc43)cc12. The van der Waals surface area contributed by atoms with Crippen molar-refractivity contribution in [2.45, 2.75) is 25.8 Å². The van der Waals surface area contributed by atoms with Crippen LogP contribution in [0, 0.1) is 6.92 Å². The zero-order valence-electron chi connectivity index (χ0n) is 17.8. The number of anilines is 2. The molecule has 1 aliphatic carbocycles. The lowest BCUT2D eigenvalue weighted by Crippen LogP contribution is -2.45. The number of benzene rings is 2. The number of para-hydroxylation sites is 2. The van der Waals surface area contributed by atoms with Crippen LogP contribution in [-0.2, 0) is 0 Å². The number of ether oxygens (including phenoxy) is 1. The molecule has 2 aromatic heterocycles. The second-order valence-electron chi connectivity index (χ2n) is 8.42. The summed E-state index contributed by atoms with van der Waals surface area (Å²) in [6.45, 7) is 3.47. The predicted octanol–water partition coefficient (Wildman–Crippen LogP) is 5.56. The molecule has 32 heavy (non-hydrogen) atoms. The van der Waals surface area contributed by atoms with Crippen molar-refractivity contribution in [2.75, 3.05) is 22.9 Å². The van der Waals surface area contributed by atoms with Crippen LogP contribution in [0.4, 0.5) is 11.4 Å². The molecule has 0 N–H and O–H groups in total. The van der Waals surface area contributed by atoms with E-state index in [1.165, 1.54) is 12.8 Å². The average molecular weight is 425 g/mol. The molecule has 1 aliphatic heterocycles. The first-order valence-corrected chi connectivity index (χ1v) is 11.0. The minimum absolute atomic E-state index is 0.100. The van der Waals surface area contributed by atoms with Crippen molar-refractivity contribution in [3.63, 3.8) is 0 Å². The summed E-state index contributed by atoms with van der Waals surface area (Å²) in [7, 11) is 0. The van der Waals surface area contributed by atoms with Crippen LogP contribution in [0.2, 0.25) is 0 Å². The third-order valence-electron chi connectivity index (χ3n) is 6.26. The number of pyridine rings is 1. The zero-order chi connectivity index (χ0) is 21.7. The first kappa shape index (κ1) is 18.9. The summed E-state index contributed by atoms with van der Waals surface area (Å²) in [4.78, 5) is 22.2. The van der Waals surface area contributed by atoms with E-state index in [9.17, 15) is 4.79 Å². The van der Waals surface area contributed by atoms with Crippen LogP contribution in [0.3, 0.4) is 0 Å². The van der Waals surface area contributed by atoms with E-state index in [-0.39, 0.29) is 5.91 Å². The Morgan fingerprint density at radius 1 is 1.09 bits per heavy atom. The molecule has 4 aromatic rings. The first-order valence-electron chi connectivity index (χ1n) is 11.0. The van der Waals surface area contributed by atoms with Gasteiger partial charge in [0.1, 0.15) is 22.6 Å². The highest BCUT2D eigenvalue weighted by atomic mass is 16.5. The summed E-state index contributed by atoms with van der Waals surface area (Å²) in [6, 6.07) is 16.2. The summed E-state index contributed by atoms with van der Waals surface area (Å²) in [5, 5.41) is 0.995. The highest BCUT2D eigenvalue weighted by Gasteiger charge is 2.36. The van der Waals surface area contributed by atoms with Gasteiger partial charge in [-0.25, -0.2) is 0 Å². The summed E-state index contributed by atoms with van der Waals surface area (Å²) < 4.78 is 11.7. The van der Waals surface area contributed by atoms with Gasteiger partial charge >= 0.3 is 0 Å². The Morgan fingerprint density at radius 3 is 2.78 bits per heavy atom. The topological polar surface area (TPSA) is 58.8 Å². The number of nitrogens with zero attached hydrogens (tertiary/aromatic N) is 3. The highest BCUT2D eigenvalue weighted by molar-refractivity contribution is 6.09. The van der Waals surface area contributed by atoms with Gasteiger partial charge in [-0.3, -0.25) is 9.78 Å². The minimum Gasteiger partial charge on any atom is -0.464 e. The van der Waals surface area contributed by atoms with E-state index in [1.807, 2.05) is 48.2 Å². The third-order valence-corrected chi connectivity index (χ3v) is 6.26. The van der Waals surface area contributed by atoms with Gasteiger partial charge in [0.25, 0.3) is 5.91 Å². The van der Waals surface area contributed by atoms with Gasteiger partial charge in [0.15, 0.2) is 0 Å². The van der Waals surface area contributed by atoms with Gasteiger partial charge in [-0.2, -0.15) is 0 Å². The Labute approximate surface area is 186 Å². The molecule has 0 bridgehead atoms. The molecule has 2 aliphatic rings. The Bertz CT molecular complexity index is 1320. The monoisotopic (exact) mass is 425 g/mol. The quantitative estimate of drug-likeness (QED) is 0.429. The molecule has 6 nitrogen and oxygen atoms in total. The number of furan rings is 1. The van der Waals surface area contributed by atoms with Crippen LogP contribution in [0.25, 0.3) is 11.0 Å². The molecule has 160 valence electrons. The van der Waals surface area contributed by atoms with Gasteiger partial charge in [0.05, 0.1) is 17.6 Å². The number of aromatic nitrogens is 1. The van der Waals surface area contributed by atoms with Crippen LogP contribution in [0.5, 0.6) is 11.5 Å². The number of hydrogen-bond donors (Lipinski definition) is 0. The standard InChI is InChI=1S/C26H23N3O3/c1-17-16-31-24-9-8-19(14-20(17)24)32-25-10-11-27-15-21(25)26(30)29-13-12-28(18-6-7-18)22-4-2-3-5-23(22)29/h2-5,8-11,14-16,18H,6-7,12-13H2,1H3. The fourth-order valence-corrected chi connectivity index (χ4v) is 4.46. The summed E-state index contributed by atoms with van der Waals surface area (Å²) in [5.74, 6) is 1.05. The molecule has 0 saturated heterocycles. The molecule has 1 saturated carbocycles. The molecule has 0 atom stereocenters. The predicted molar refractivity (Wildman–Crippen MR) is 124 cm³/mol. The Hall–Kier alpha value is -3.80. The largest absolute Gasteiger partial charge is 0.464 e. The molecule has 2 aromatic carbocycles. The van der Waals surface area contributed by atoms with Crippen LogP contribution < -0.4 is 14.5 Å². The average Bonchev–Trinajstić information content (AvgIpc) is 3.61. The van der Waals surface area contributed by atoms with Gasteiger partial charge < -0.3 is 19.0 Å². The van der Waals surface area contributed by atoms with E-state index in [0.29, 0.717) is 29.6 Å². The van der Waals surface area contributed by atoms with Crippen LogP contribution >= 0.6 is 0 Å². The van der Waals surface area contributed by atoms with Gasteiger partial charge in [0, 0.05) is 36.9 Å². The molecule has 0 unspecified atom stereocenters. The van der Waals surface area contributed by atoms with Crippen molar-refractivity contribution in [3.8, 4) is 11.5 Å². The van der Waals surface area contributed by atoms with E-state index in [4.69, 9.17) is 9.15 Å². The van der Waals surface area contributed by atoms with E-state index in [0.717, 1.165) is 34.5 Å². The smallest absolute Gasteiger partial charge is 0.263 e. The molecular weight excluding hydrogens is 402 g/mol. The van der Waals surface area contributed by atoms with Crippen molar-refractivity contribution in [2.24, 2.45) is 0 Å². The van der Waals surface area contributed by atoms with Crippen molar-refractivity contribution in [3.05, 3.63) is 78.3 Å². The lowest BCUT2D eigenvalue weighted by molar-refractivity contribution is 0.0984. The van der Waals surface area contributed by atoms with Gasteiger partial charge in [0.2, 0.25) is 0 Å². The van der Waals surface area contributed by atoms with E-state index in [2.05, 4.69) is 16.0 Å². The fourth-order valence-electron chi connectivity index (χ4n) is 4.46. The number of amides is 1. The molecule has 3 heterocycles. The Kier molecular flexibility index (Phi) is 4.38. The zero-order valence-corrected chi connectivity index (χ0v) is 17.8. The second kappa shape index (κ2) is 7.41. The Morgan fingerprint density at radius 2 is 1.94 bits per heavy atom. The lowest BCUT2D eigenvalue weighted by Gasteiger charge is -2.38. The van der Waals surface area contributed by atoms with Crippen molar-refractivity contribution < 1.29 is 13.9 Å². The van der Waals surface area contributed by atoms with Gasteiger partial charge in [-0.15, -0.1) is 0 Å². The van der Waals surface area contributed by atoms with Gasteiger partial charge in [-0.1, -0.05) is 12.1 Å². The van der Waals surface area contributed by atoms with Crippen LogP contribution in [-0.4, -0.2) is 30.0 Å². The fraction of sp³-hybridized carbons (Fsp3) is 0.231. The molecule has 1 amide bonds. The minimum atomic E-state index is -0.100. The highest BCUT2D eigenvalue weighted by Crippen LogP contribution is 2.41. The lowest BCUT2D eigenvalue weighted by atomic mass is 10.1. The van der Waals surface area contributed by atoms with Crippen molar-refractivity contribution >= 4 is 28.3 Å².